The van der Waals surface area contributed by atoms with E-state index in [4.69, 9.17) is 0 Å². The number of rotatable bonds is 3. The standard InChI is InChI=1S/C12H12F2N2O/c1-16-5-4-15-12(16)11(17)7-8-2-3-9(13)10(14)6-8/h2-6,11,17H,7H2,1H3. The molecule has 90 valence electrons. The van der Waals surface area contributed by atoms with Crippen LogP contribution in [0, 0.1) is 11.6 Å². The zero-order valence-corrected chi connectivity index (χ0v) is 9.27. The Morgan fingerprint density at radius 1 is 1.35 bits per heavy atom. The SMILES string of the molecule is Cn1ccnc1C(O)Cc1ccc(F)c(F)c1. The van der Waals surface area contributed by atoms with Gasteiger partial charge in [-0.3, -0.25) is 0 Å². The molecule has 0 aliphatic carbocycles. The summed E-state index contributed by atoms with van der Waals surface area (Å²) in [4.78, 5) is 4.00. The van der Waals surface area contributed by atoms with Gasteiger partial charge in [-0.05, 0) is 17.7 Å². The molecule has 3 nitrogen and oxygen atoms in total. The highest BCUT2D eigenvalue weighted by Gasteiger charge is 2.14. The van der Waals surface area contributed by atoms with Gasteiger partial charge < -0.3 is 9.67 Å². The molecule has 1 aromatic heterocycles. The van der Waals surface area contributed by atoms with Gasteiger partial charge in [0.25, 0.3) is 0 Å². The van der Waals surface area contributed by atoms with E-state index in [0.717, 1.165) is 12.1 Å². The van der Waals surface area contributed by atoms with Crippen LogP contribution in [0.25, 0.3) is 0 Å². The van der Waals surface area contributed by atoms with Crippen LogP contribution in [-0.4, -0.2) is 14.7 Å². The van der Waals surface area contributed by atoms with Gasteiger partial charge in [-0.2, -0.15) is 0 Å². The van der Waals surface area contributed by atoms with Crippen molar-refractivity contribution < 1.29 is 13.9 Å². The first-order chi connectivity index (χ1) is 8.08. The highest BCUT2D eigenvalue weighted by atomic mass is 19.2. The van der Waals surface area contributed by atoms with Crippen LogP contribution in [0.4, 0.5) is 8.78 Å². The highest BCUT2D eigenvalue weighted by Crippen LogP contribution is 2.17. The van der Waals surface area contributed by atoms with Crippen LogP contribution >= 0.6 is 0 Å². The van der Waals surface area contributed by atoms with Crippen molar-refractivity contribution in [2.75, 3.05) is 0 Å². The number of hydrogen-bond donors (Lipinski definition) is 1. The monoisotopic (exact) mass is 238 g/mol. The van der Waals surface area contributed by atoms with Crippen molar-refractivity contribution in [3.63, 3.8) is 0 Å². The van der Waals surface area contributed by atoms with Gasteiger partial charge >= 0.3 is 0 Å². The van der Waals surface area contributed by atoms with Crippen LogP contribution in [0.2, 0.25) is 0 Å². The largest absolute Gasteiger partial charge is 0.385 e. The molecule has 0 saturated heterocycles. The number of hydrogen-bond acceptors (Lipinski definition) is 2. The molecule has 0 bridgehead atoms. The fourth-order valence-electron chi connectivity index (χ4n) is 1.68. The first kappa shape index (κ1) is 11.7. The molecule has 2 rings (SSSR count). The zero-order chi connectivity index (χ0) is 12.4. The van der Waals surface area contributed by atoms with Gasteiger partial charge in [0.15, 0.2) is 11.6 Å². The lowest BCUT2D eigenvalue weighted by Gasteiger charge is -2.10. The second kappa shape index (κ2) is 4.63. The average Bonchev–Trinajstić information content (AvgIpc) is 2.70. The maximum Gasteiger partial charge on any atom is 0.159 e. The van der Waals surface area contributed by atoms with E-state index in [9.17, 15) is 13.9 Å². The van der Waals surface area contributed by atoms with E-state index in [2.05, 4.69) is 4.98 Å². The van der Waals surface area contributed by atoms with Crippen molar-refractivity contribution in [3.8, 4) is 0 Å². The number of nitrogens with zero attached hydrogens (tertiary/aromatic N) is 2. The second-order valence-corrected chi connectivity index (χ2v) is 3.86. The topological polar surface area (TPSA) is 38.0 Å². The molecule has 1 heterocycles. The molecule has 0 amide bonds. The summed E-state index contributed by atoms with van der Waals surface area (Å²) in [5.74, 6) is -1.30. The Morgan fingerprint density at radius 2 is 2.12 bits per heavy atom. The van der Waals surface area contributed by atoms with Crippen molar-refractivity contribution in [1.82, 2.24) is 9.55 Å². The van der Waals surface area contributed by atoms with Crippen molar-refractivity contribution >= 4 is 0 Å². The number of aryl methyl sites for hydroxylation is 1. The van der Waals surface area contributed by atoms with Gasteiger partial charge in [0.1, 0.15) is 11.9 Å². The van der Waals surface area contributed by atoms with Gasteiger partial charge in [-0.1, -0.05) is 6.07 Å². The van der Waals surface area contributed by atoms with Gasteiger partial charge in [-0.15, -0.1) is 0 Å². The second-order valence-electron chi connectivity index (χ2n) is 3.86. The Balaban J connectivity index is 2.16. The van der Waals surface area contributed by atoms with Crippen LogP contribution in [0.15, 0.2) is 30.6 Å². The molecule has 1 N–H and O–H groups in total. The summed E-state index contributed by atoms with van der Waals surface area (Å²) in [6.45, 7) is 0. The van der Waals surface area contributed by atoms with E-state index < -0.39 is 17.7 Å². The van der Waals surface area contributed by atoms with Crippen LogP contribution in [0.1, 0.15) is 17.5 Å². The Bertz CT molecular complexity index is 525. The number of aliphatic hydroxyl groups excluding tert-OH is 1. The molecule has 0 radical (unpaired) electrons. The van der Waals surface area contributed by atoms with E-state index in [1.807, 2.05) is 0 Å². The fourth-order valence-corrected chi connectivity index (χ4v) is 1.68. The Morgan fingerprint density at radius 3 is 2.71 bits per heavy atom. The zero-order valence-electron chi connectivity index (χ0n) is 9.27. The van der Waals surface area contributed by atoms with Crippen LogP contribution in [-0.2, 0) is 13.5 Å². The maximum absolute atomic E-state index is 13.0. The highest BCUT2D eigenvalue weighted by molar-refractivity contribution is 5.19. The quantitative estimate of drug-likeness (QED) is 0.887. The van der Waals surface area contributed by atoms with E-state index in [-0.39, 0.29) is 6.42 Å². The van der Waals surface area contributed by atoms with Crippen LogP contribution in [0.3, 0.4) is 0 Å². The van der Waals surface area contributed by atoms with E-state index in [1.54, 1.807) is 24.0 Å². The maximum atomic E-state index is 13.0. The van der Waals surface area contributed by atoms with Gasteiger partial charge in [0.2, 0.25) is 0 Å². The van der Waals surface area contributed by atoms with Crippen molar-refractivity contribution in [3.05, 3.63) is 53.6 Å². The Kier molecular flexibility index (Phi) is 3.19. The third kappa shape index (κ3) is 2.50. The first-order valence-electron chi connectivity index (χ1n) is 5.17. The third-order valence-electron chi connectivity index (χ3n) is 2.57. The molecule has 1 unspecified atom stereocenters. The van der Waals surface area contributed by atoms with E-state index in [0.29, 0.717) is 11.4 Å². The normalized spacial score (nSPS) is 12.7. The number of benzene rings is 1. The number of aromatic nitrogens is 2. The Labute approximate surface area is 97.3 Å². The molecule has 5 heteroatoms. The predicted molar refractivity (Wildman–Crippen MR) is 58.2 cm³/mol. The number of aliphatic hydroxyl groups is 1. The first-order valence-corrected chi connectivity index (χ1v) is 5.17. The number of imidazole rings is 1. The van der Waals surface area contributed by atoms with Crippen molar-refractivity contribution in [1.29, 1.82) is 0 Å². The van der Waals surface area contributed by atoms with E-state index in [1.165, 1.54) is 6.07 Å². The summed E-state index contributed by atoms with van der Waals surface area (Å²) >= 11 is 0. The van der Waals surface area contributed by atoms with Crippen molar-refractivity contribution in [2.24, 2.45) is 7.05 Å². The minimum atomic E-state index is -0.908. The summed E-state index contributed by atoms with van der Waals surface area (Å²) in [6, 6.07) is 3.59. The summed E-state index contributed by atoms with van der Waals surface area (Å²) in [5, 5.41) is 9.90. The Hall–Kier alpha value is -1.75. The molecule has 0 saturated carbocycles. The molecule has 1 aromatic carbocycles. The smallest absolute Gasteiger partial charge is 0.159 e. The van der Waals surface area contributed by atoms with Gasteiger partial charge in [-0.25, -0.2) is 13.8 Å². The molecule has 17 heavy (non-hydrogen) atoms. The predicted octanol–water partition coefficient (Wildman–Crippen LogP) is 1.97. The molecular weight excluding hydrogens is 226 g/mol. The molecule has 0 aliphatic rings. The summed E-state index contributed by atoms with van der Waals surface area (Å²) < 4.78 is 27.4. The van der Waals surface area contributed by atoms with E-state index >= 15 is 0 Å². The van der Waals surface area contributed by atoms with Crippen LogP contribution < -0.4 is 0 Å². The lowest BCUT2D eigenvalue weighted by atomic mass is 10.1. The average molecular weight is 238 g/mol. The minimum absolute atomic E-state index is 0.196. The summed E-state index contributed by atoms with van der Waals surface area (Å²) in [7, 11) is 1.76. The molecule has 2 aromatic rings. The lowest BCUT2D eigenvalue weighted by molar-refractivity contribution is 0.165. The molecule has 0 fully saturated rings. The van der Waals surface area contributed by atoms with Gasteiger partial charge in [0.05, 0.1) is 0 Å². The molecule has 1 atom stereocenters. The lowest BCUT2D eigenvalue weighted by Crippen LogP contribution is -2.08. The van der Waals surface area contributed by atoms with Crippen molar-refractivity contribution in [2.45, 2.75) is 12.5 Å². The molecular formula is C12H12F2N2O. The number of halogens is 2. The van der Waals surface area contributed by atoms with Gasteiger partial charge in [0, 0.05) is 25.9 Å². The summed E-state index contributed by atoms with van der Waals surface area (Å²) in [5.41, 5.74) is 0.527. The van der Waals surface area contributed by atoms with Crippen LogP contribution in [0.5, 0.6) is 0 Å². The molecule has 0 spiro atoms. The molecule has 0 aliphatic heterocycles. The third-order valence-corrected chi connectivity index (χ3v) is 2.57. The summed E-state index contributed by atoms with van der Waals surface area (Å²) in [6.07, 6.45) is 2.65. The fraction of sp³-hybridized carbons (Fsp3) is 0.250. The minimum Gasteiger partial charge on any atom is -0.385 e.